The second-order valence-electron chi connectivity index (χ2n) is 12.1. The number of rotatable bonds is 7. The zero-order valence-electron chi connectivity index (χ0n) is 22.6. The van der Waals surface area contributed by atoms with E-state index < -0.39 is 6.10 Å². The first-order valence-electron chi connectivity index (χ1n) is 14.6. The molecule has 0 bridgehead atoms. The highest BCUT2D eigenvalue weighted by Crippen LogP contribution is 2.53. The number of aliphatic hydroxyl groups excluding tert-OH is 1. The molecule has 4 aliphatic rings. The van der Waals surface area contributed by atoms with Crippen molar-refractivity contribution >= 4 is 38.5 Å². The molecule has 1 aromatic carbocycles. The smallest absolute Gasteiger partial charge is 0.229 e. The molecule has 2 amide bonds. The number of thiazole rings is 1. The Morgan fingerprint density at radius 2 is 1.82 bits per heavy atom. The van der Waals surface area contributed by atoms with E-state index in [2.05, 4.69) is 26.3 Å². The number of likely N-dealkylation sites (tertiary alicyclic amines) is 1. The number of nitrogens with zero attached hydrogens (tertiary/aromatic N) is 4. The molecule has 0 unspecified atom stereocenters. The maximum absolute atomic E-state index is 13.0. The lowest BCUT2D eigenvalue weighted by Crippen LogP contribution is -2.51. The number of hydrogen-bond acceptors (Lipinski definition) is 8. The second kappa shape index (κ2) is 10.5. The quantitative estimate of drug-likeness (QED) is 0.435. The molecule has 1 saturated heterocycles. The summed E-state index contributed by atoms with van der Waals surface area (Å²) in [6.07, 6.45) is 11.7. The highest BCUT2D eigenvalue weighted by atomic mass is 32.1. The molecule has 2 N–H and O–H groups in total. The maximum atomic E-state index is 13.0. The van der Waals surface area contributed by atoms with Crippen molar-refractivity contribution in [2.24, 2.45) is 17.3 Å². The van der Waals surface area contributed by atoms with Gasteiger partial charge in [-0.05, 0) is 80.9 Å². The fourth-order valence-electron chi connectivity index (χ4n) is 6.60. The van der Waals surface area contributed by atoms with E-state index in [0.29, 0.717) is 23.5 Å². The minimum absolute atomic E-state index is 0.0184. The van der Waals surface area contributed by atoms with Crippen LogP contribution in [0.25, 0.3) is 21.3 Å². The number of ether oxygens (including phenoxy) is 1. The molecule has 2 atom stereocenters. The molecular weight excluding hydrogens is 526 g/mol. The van der Waals surface area contributed by atoms with Crippen molar-refractivity contribution in [2.75, 3.05) is 18.4 Å². The zero-order valence-corrected chi connectivity index (χ0v) is 23.4. The molecule has 9 nitrogen and oxygen atoms in total. The van der Waals surface area contributed by atoms with Gasteiger partial charge in [0.25, 0.3) is 0 Å². The summed E-state index contributed by atoms with van der Waals surface area (Å²) in [6, 6.07) is 6.01. The van der Waals surface area contributed by atoms with Gasteiger partial charge in [-0.25, -0.2) is 15.0 Å². The minimum atomic E-state index is -0.391. The lowest BCUT2D eigenvalue weighted by molar-refractivity contribution is -0.140. The zero-order chi connectivity index (χ0) is 27.3. The number of carbonyl (C=O) groups is 2. The number of aromatic nitrogens is 3. The van der Waals surface area contributed by atoms with E-state index in [-0.39, 0.29) is 29.3 Å². The molecule has 4 fully saturated rings. The fourth-order valence-corrected chi connectivity index (χ4v) is 7.50. The summed E-state index contributed by atoms with van der Waals surface area (Å²) in [5.41, 5.74) is 2.96. The van der Waals surface area contributed by atoms with Crippen LogP contribution < -0.4 is 5.32 Å². The first kappa shape index (κ1) is 26.0. The Morgan fingerprint density at radius 1 is 1.05 bits per heavy atom. The number of fused-ring (bicyclic) bond motifs is 1. The highest BCUT2D eigenvalue weighted by Gasteiger charge is 2.49. The van der Waals surface area contributed by atoms with Gasteiger partial charge in [-0.15, -0.1) is 0 Å². The molecule has 210 valence electrons. The van der Waals surface area contributed by atoms with Crippen LogP contribution in [0.4, 0.5) is 5.13 Å². The van der Waals surface area contributed by atoms with Gasteiger partial charge < -0.3 is 20.1 Å². The average Bonchev–Trinajstić information content (AvgIpc) is 3.60. The first-order valence-corrected chi connectivity index (χ1v) is 15.4. The number of aliphatic hydroxyl groups is 1. The number of anilines is 1. The van der Waals surface area contributed by atoms with Crippen molar-refractivity contribution in [1.29, 1.82) is 0 Å². The monoisotopic (exact) mass is 561 g/mol. The van der Waals surface area contributed by atoms with Crippen molar-refractivity contribution in [3.05, 3.63) is 36.4 Å². The molecule has 7 rings (SSSR count). The Kier molecular flexibility index (Phi) is 6.80. The number of piperidine rings is 1. The van der Waals surface area contributed by atoms with Gasteiger partial charge in [0.2, 0.25) is 11.8 Å². The van der Waals surface area contributed by atoms with Crippen molar-refractivity contribution in [2.45, 2.75) is 76.6 Å². The van der Waals surface area contributed by atoms with E-state index in [9.17, 15) is 14.7 Å². The van der Waals surface area contributed by atoms with Crippen LogP contribution in [0.15, 0.2) is 30.6 Å². The van der Waals surface area contributed by atoms with Crippen LogP contribution in [0.1, 0.15) is 63.6 Å². The molecular formula is C30H35N5O4S. The third-order valence-electron chi connectivity index (χ3n) is 9.29. The van der Waals surface area contributed by atoms with Crippen molar-refractivity contribution < 1.29 is 19.4 Å². The maximum Gasteiger partial charge on any atom is 0.229 e. The molecule has 40 heavy (non-hydrogen) atoms. The number of nitrogens with one attached hydrogen (secondary N) is 1. The van der Waals surface area contributed by atoms with Gasteiger partial charge in [0.1, 0.15) is 6.61 Å². The van der Waals surface area contributed by atoms with Crippen molar-refractivity contribution in [3.8, 4) is 11.1 Å². The van der Waals surface area contributed by atoms with Gasteiger partial charge >= 0.3 is 0 Å². The lowest BCUT2D eigenvalue weighted by Gasteiger charge is -2.51. The largest absolute Gasteiger partial charge is 0.390 e. The summed E-state index contributed by atoms with van der Waals surface area (Å²) in [4.78, 5) is 40.9. The number of benzene rings is 1. The van der Waals surface area contributed by atoms with Gasteiger partial charge in [0.15, 0.2) is 11.0 Å². The van der Waals surface area contributed by atoms with Crippen LogP contribution in [-0.4, -0.2) is 62.1 Å². The fraction of sp³-hybridized carbons (Fsp3) is 0.567. The van der Waals surface area contributed by atoms with Gasteiger partial charge in [-0.3, -0.25) is 9.59 Å². The standard InChI is InChI=1S/C30H35N5O4S/c36-23-2-1-3-24(23)39-17-26-31-15-21(16-32-26)19-6-7-22-25(12-19)40-29(33-22)34-27(37)20-13-30(14-20)8-10-35(11-9-30)28(38)18-4-5-18/h6-7,12,15-16,18,20,23-24,36H,1-5,8-11,13-14,17H2,(H,33,34,37)/t23-,24-/m0/s1. The summed E-state index contributed by atoms with van der Waals surface area (Å²) in [5, 5.41) is 13.6. The average molecular weight is 562 g/mol. The van der Waals surface area contributed by atoms with E-state index in [4.69, 9.17) is 4.74 Å². The molecule has 3 aliphatic carbocycles. The number of amides is 2. The van der Waals surface area contributed by atoms with Crippen molar-refractivity contribution in [1.82, 2.24) is 19.9 Å². The molecule has 2 aromatic heterocycles. The van der Waals surface area contributed by atoms with E-state index in [0.717, 1.165) is 92.2 Å². The molecule has 1 spiro atoms. The van der Waals surface area contributed by atoms with Crippen LogP contribution in [0.5, 0.6) is 0 Å². The van der Waals surface area contributed by atoms with E-state index in [1.165, 1.54) is 11.3 Å². The second-order valence-corrected chi connectivity index (χ2v) is 13.2. The number of hydrogen-bond donors (Lipinski definition) is 2. The molecule has 1 aliphatic heterocycles. The Morgan fingerprint density at radius 3 is 2.52 bits per heavy atom. The lowest BCUT2D eigenvalue weighted by atomic mass is 9.57. The van der Waals surface area contributed by atoms with Gasteiger partial charge in [-0.2, -0.15) is 0 Å². The van der Waals surface area contributed by atoms with Crippen LogP contribution in [-0.2, 0) is 20.9 Å². The SMILES string of the molecule is O=C(Nc1nc2ccc(-c3cnc(CO[C@H]4CCC[C@@H]4O)nc3)cc2s1)C1CC2(CCN(C(=O)C3CC3)CC2)C1. The Hall–Kier alpha value is -2.95. The van der Waals surface area contributed by atoms with Gasteiger partial charge in [-0.1, -0.05) is 17.4 Å². The Labute approximate surface area is 237 Å². The van der Waals surface area contributed by atoms with Crippen molar-refractivity contribution in [3.63, 3.8) is 0 Å². The normalized spacial score (nSPS) is 24.4. The predicted octanol–water partition coefficient (Wildman–Crippen LogP) is 4.55. The summed E-state index contributed by atoms with van der Waals surface area (Å²) < 4.78 is 6.79. The summed E-state index contributed by atoms with van der Waals surface area (Å²) in [5.74, 6) is 1.30. The number of carbonyl (C=O) groups excluding carboxylic acids is 2. The third-order valence-corrected chi connectivity index (χ3v) is 10.2. The van der Waals surface area contributed by atoms with E-state index in [1.54, 1.807) is 12.4 Å². The molecule has 3 saturated carbocycles. The summed E-state index contributed by atoms with van der Waals surface area (Å²) in [7, 11) is 0. The van der Waals surface area contributed by atoms with E-state index >= 15 is 0 Å². The molecule has 10 heteroatoms. The highest BCUT2D eigenvalue weighted by molar-refractivity contribution is 7.22. The molecule has 3 aromatic rings. The van der Waals surface area contributed by atoms with E-state index in [1.807, 2.05) is 17.0 Å². The third kappa shape index (κ3) is 5.24. The first-order chi connectivity index (χ1) is 19.4. The Bertz CT molecular complexity index is 1410. The van der Waals surface area contributed by atoms with Crippen LogP contribution in [0.3, 0.4) is 0 Å². The van der Waals surface area contributed by atoms with Crippen LogP contribution in [0.2, 0.25) is 0 Å². The molecule has 0 radical (unpaired) electrons. The molecule has 3 heterocycles. The predicted molar refractivity (Wildman–Crippen MR) is 151 cm³/mol. The summed E-state index contributed by atoms with van der Waals surface area (Å²) in [6.45, 7) is 1.98. The van der Waals surface area contributed by atoms with Gasteiger partial charge in [0.05, 0.1) is 22.4 Å². The summed E-state index contributed by atoms with van der Waals surface area (Å²) >= 11 is 1.48. The Balaban J connectivity index is 0.930. The van der Waals surface area contributed by atoms with Gasteiger partial charge in [0, 0.05) is 42.9 Å². The topological polar surface area (TPSA) is 118 Å². The van der Waals surface area contributed by atoms with Crippen LogP contribution in [0, 0.1) is 17.3 Å². The van der Waals surface area contributed by atoms with Crippen LogP contribution >= 0.6 is 11.3 Å². The minimum Gasteiger partial charge on any atom is -0.390 e.